The van der Waals surface area contributed by atoms with Crippen molar-refractivity contribution < 1.29 is 9.26 Å². The molecule has 0 aliphatic carbocycles. The molecule has 1 unspecified atom stereocenters. The van der Waals surface area contributed by atoms with Crippen LogP contribution in [0.5, 0.6) is 5.75 Å². The zero-order valence-electron chi connectivity index (χ0n) is 13.2. The van der Waals surface area contributed by atoms with Gasteiger partial charge in [-0.1, -0.05) is 40.5 Å². The number of aromatic nitrogens is 2. The minimum atomic E-state index is -0.346. The Morgan fingerprint density at radius 2 is 1.96 bits per heavy atom. The number of hydrogen-bond acceptors (Lipinski definition) is 4. The Balaban J connectivity index is 1.79. The van der Waals surface area contributed by atoms with E-state index in [9.17, 15) is 0 Å². The predicted octanol–water partition coefficient (Wildman–Crippen LogP) is 5.15. The van der Waals surface area contributed by atoms with Crippen LogP contribution in [0.4, 0.5) is 0 Å². The van der Waals surface area contributed by atoms with Crippen molar-refractivity contribution in [2.45, 2.75) is 26.9 Å². The summed E-state index contributed by atoms with van der Waals surface area (Å²) in [6.07, 6.45) is -0.346. The van der Waals surface area contributed by atoms with Crippen molar-refractivity contribution in [2.75, 3.05) is 0 Å². The third-order valence-electron chi connectivity index (χ3n) is 3.51. The van der Waals surface area contributed by atoms with E-state index in [2.05, 4.69) is 10.1 Å². The lowest BCUT2D eigenvalue weighted by molar-refractivity contribution is 0.175. The highest BCUT2D eigenvalue weighted by molar-refractivity contribution is 6.30. The molecule has 3 rings (SSSR count). The molecular weight excluding hydrogens is 312 g/mol. The molecule has 0 N–H and O–H groups in total. The van der Waals surface area contributed by atoms with Gasteiger partial charge in [-0.15, -0.1) is 0 Å². The van der Waals surface area contributed by atoms with Gasteiger partial charge in [-0.05, 0) is 50.6 Å². The Kier molecular flexibility index (Phi) is 4.35. The Bertz CT molecular complexity index is 829. The lowest BCUT2D eigenvalue weighted by Gasteiger charge is -2.13. The first-order valence-electron chi connectivity index (χ1n) is 7.36. The number of aryl methyl sites for hydroxylation is 2. The normalized spacial score (nSPS) is 12.2. The molecule has 0 amide bonds. The maximum atomic E-state index is 5.96. The molecule has 118 valence electrons. The topological polar surface area (TPSA) is 48.2 Å². The highest BCUT2D eigenvalue weighted by Gasteiger charge is 2.17. The zero-order chi connectivity index (χ0) is 16.4. The highest BCUT2D eigenvalue weighted by atomic mass is 35.5. The van der Waals surface area contributed by atoms with Crippen molar-refractivity contribution in [1.82, 2.24) is 10.1 Å². The highest BCUT2D eigenvalue weighted by Crippen LogP contribution is 2.27. The fourth-order valence-corrected chi connectivity index (χ4v) is 2.51. The second-order valence-corrected chi connectivity index (χ2v) is 5.93. The first kappa shape index (κ1) is 15.6. The molecule has 0 fully saturated rings. The monoisotopic (exact) mass is 328 g/mol. The smallest absolute Gasteiger partial charge is 0.267 e. The van der Waals surface area contributed by atoms with Gasteiger partial charge in [0.2, 0.25) is 5.82 Å². The predicted molar refractivity (Wildman–Crippen MR) is 89.7 cm³/mol. The minimum absolute atomic E-state index is 0.346. The molecule has 0 saturated heterocycles. The summed E-state index contributed by atoms with van der Waals surface area (Å²) in [5, 5.41) is 4.72. The van der Waals surface area contributed by atoms with Crippen LogP contribution in [0.25, 0.3) is 11.4 Å². The van der Waals surface area contributed by atoms with Crippen LogP contribution >= 0.6 is 11.6 Å². The van der Waals surface area contributed by atoms with Crippen LogP contribution < -0.4 is 4.74 Å². The summed E-state index contributed by atoms with van der Waals surface area (Å²) < 4.78 is 11.2. The van der Waals surface area contributed by atoms with Crippen LogP contribution in [0.1, 0.15) is 30.0 Å². The van der Waals surface area contributed by atoms with Gasteiger partial charge in [-0.3, -0.25) is 0 Å². The molecule has 0 radical (unpaired) electrons. The van der Waals surface area contributed by atoms with Gasteiger partial charge in [0.15, 0.2) is 6.10 Å². The van der Waals surface area contributed by atoms with E-state index in [1.165, 1.54) is 0 Å². The second-order valence-electron chi connectivity index (χ2n) is 5.50. The maximum Gasteiger partial charge on any atom is 0.267 e. The lowest BCUT2D eigenvalue weighted by Crippen LogP contribution is -2.04. The molecule has 0 spiro atoms. The molecular formula is C18H17ClN2O2. The summed E-state index contributed by atoms with van der Waals surface area (Å²) in [6, 6.07) is 13.5. The molecule has 1 atom stereocenters. The van der Waals surface area contributed by atoms with Gasteiger partial charge >= 0.3 is 0 Å². The quantitative estimate of drug-likeness (QED) is 0.664. The summed E-state index contributed by atoms with van der Waals surface area (Å²) in [7, 11) is 0. The second kappa shape index (κ2) is 6.42. The molecule has 0 aliphatic rings. The molecule has 3 aromatic rings. The molecule has 4 nitrogen and oxygen atoms in total. The van der Waals surface area contributed by atoms with E-state index < -0.39 is 0 Å². The van der Waals surface area contributed by atoms with Crippen molar-refractivity contribution in [2.24, 2.45) is 0 Å². The van der Waals surface area contributed by atoms with Gasteiger partial charge in [-0.25, -0.2) is 0 Å². The third kappa shape index (κ3) is 3.54. The zero-order valence-corrected chi connectivity index (χ0v) is 14.0. The van der Waals surface area contributed by atoms with Crippen molar-refractivity contribution in [3.8, 4) is 17.1 Å². The first-order chi connectivity index (χ1) is 11.0. The van der Waals surface area contributed by atoms with E-state index in [1.807, 2.05) is 57.2 Å². The van der Waals surface area contributed by atoms with Crippen LogP contribution in [0.3, 0.4) is 0 Å². The maximum absolute atomic E-state index is 5.96. The first-order valence-corrected chi connectivity index (χ1v) is 7.74. The van der Waals surface area contributed by atoms with Gasteiger partial charge < -0.3 is 9.26 Å². The number of benzene rings is 2. The van der Waals surface area contributed by atoms with Crippen LogP contribution in [0.15, 0.2) is 47.0 Å². The fourth-order valence-electron chi connectivity index (χ4n) is 2.29. The molecule has 0 saturated carbocycles. The van der Waals surface area contributed by atoms with E-state index in [1.54, 1.807) is 6.07 Å². The van der Waals surface area contributed by atoms with E-state index in [-0.39, 0.29) is 6.10 Å². The van der Waals surface area contributed by atoms with Crippen molar-refractivity contribution in [3.63, 3.8) is 0 Å². The third-order valence-corrected chi connectivity index (χ3v) is 3.74. The standard InChI is InChI=1S/C18H17ClN2O2/c1-11-5-4-6-14(9-11)17-20-18(23-21-17)13(3)22-16-8-7-15(19)10-12(16)2/h4-10,13H,1-3H3. The van der Waals surface area contributed by atoms with Gasteiger partial charge in [0.25, 0.3) is 5.89 Å². The molecule has 1 heterocycles. The largest absolute Gasteiger partial charge is 0.481 e. The van der Waals surface area contributed by atoms with Gasteiger partial charge in [0.05, 0.1) is 0 Å². The molecule has 23 heavy (non-hydrogen) atoms. The molecule has 2 aromatic carbocycles. The number of ether oxygens (including phenoxy) is 1. The van der Waals surface area contributed by atoms with E-state index in [0.29, 0.717) is 16.7 Å². The summed E-state index contributed by atoms with van der Waals surface area (Å²) in [5.74, 6) is 1.75. The summed E-state index contributed by atoms with van der Waals surface area (Å²) in [4.78, 5) is 4.44. The van der Waals surface area contributed by atoms with E-state index in [4.69, 9.17) is 20.9 Å². The molecule has 5 heteroatoms. The van der Waals surface area contributed by atoms with Gasteiger partial charge in [0, 0.05) is 10.6 Å². The van der Waals surface area contributed by atoms with E-state index >= 15 is 0 Å². The number of rotatable bonds is 4. The Labute approximate surface area is 140 Å². The van der Waals surface area contributed by atoms with Crippen LogP contribution in [-0.4, -0.2) is 10.1 Å². The average molecular weight is 329 g/mol. The van der Waals surface area contributed by atoms with Crippen LogP contribution in [-0.2, 0) is 0 Å². The van der Waals surface area contributed by atoms with Crippen molar-refractivity contribution in [3.05, 3.63) is 64.5 Å². The Hall–Kier alpha value is -2.33. The summed E-state index contributed by atoms with van der Waals surface area (Å²) >= 11 is 5.96. The minimum Gasteiger partial charge on any atom is -0.481 e. The fraction of sp³-hybridized carbons (Fsp3) is 0.222. The lowest BCUT2D eigenvalue weighted by atomic mass is 10.1. The summed E-state index contributed by atoms with van der Waals surface area (Å²) in [6.45, 7) is 5.85. The van der Waals surface area contributed by atoms with E-state index in [0.717, 1.165) is 22.4 Å². The van der Waals surface area contributed by atoms with Gasteiger partial charge in [0.1, 0.15) is 5.75 Å². The summed E-state index contributed by atoms with van der Waals surface area (Å²) in [5.41, 5.74) is 3.03. The van der Waals surface area contributed by atoms with Crippen LogP contribution in [0, 0.1) is 13.8 Å². The van der Waals surface area contributed by atoms with Gasteiger partial charge in [-0.2, -0.15) is 4.98 Å². The molecule has 0 aliphatic heterocycles. The molecule has 0 bridgehead atoms. The van der Waals surface area contributed by atoms with Crippen LogP contribution in [0.2, 0.25) is 5.02 Å². The molecule has 1 aromatic heterocycles. The Morgan fingerprint density at radius 1 is 1.13 bits per heavy atom. The number of halogens is 1. The SMILES string of the molecule is Cc1cccc(-c2noc(C(C)Oc3ccc(Cl)cc3C)n2)c1. The Morgan fingerprint density at radius 3 is 2.70 bits per heavy atom. The van der Waals surface area contributed by atoms with Crippen molar-refractivity contribution >= 4 is 11.6 Å². The van der Waals surface area contributed by atoms with Crippen molar-refractivity contribution in [1.29, 1.82) is 0 Å². The number of nitrogens with zero attached hydrogens (tertiary/aromatic N) is 2. The number of hydrogen-bond donors (Lipinski definition) is 0. The average Bonchev–Trinajstić information content (AvgIpc) is 3.00.